The van der Waals surface area contributed by atoms with Gasteiger partial charge in [-0.3, -0.25) is 4.79 Å². The van der Waals surface area contributed by atoms with Gasteiger partial charge >= 0.3 is 0 Å². The monoisotopic (exact) mass is 133 g/mol. The average molecular weight is 133 g/mol. The SMILES string of the molecule is O=[C]COCC(O)CO. The number of carbonyl (C=O) groups excluding carboxylic acids is 1. The molecule has 0 aliphatic carbocycles. The highest BCUT2D eigenvalue weighted by atomic mass is 16.5. The highest BCUT2D eigenvalue weighted by Gasteiger charge is 1.99. The Morgan fingerprint density at radius 2 is 2.33 bits per heavy atom. The lowest BCUT2D eigenvalue weighted by Gasteiger charge is -2.03. The molecule has 0 saturated heterocycles. The van der Waals surface area contributed by atoms with Gasteiger partial charge in [-0.25, -0.2) is 0 Å². The number of aliphatic hydroxyl groups is 2. The van der Waals surface area contributed by atoms with Gasteiger partial charge in [-0.1, -0.05) is 0 Å². The van der Waals surface area contributed by atoms with Crippen LogP contribution in [0.1, 0.15) is 0 Å². The van der Waals surface area contributed by atoms with Gasteiger partial charge in [0.2, 0.25) is 6.29 Å². The van der Waals surface area contributed by atoms with Crippen LogP contribution in [0.4, 0.5) is 0 Å². The van der Waals surface area contributed by atoms with Crippen LogP contribution in [-0.4, -0.2) is 42.4 Å². The van der Waals surface area contributed by atoms with Crippen molar-refractivity contribution in [1.82, 2.24) is 0 Å². The second-order valence-corrected chi connectivity index (χ2v) is 1.50. The number of rotatable bonds is 5. The Balaban J connectivity index is 2.96. The summed E-state index contributed by atoms with van der Waals surface area (Å²) in [6.07, 6.45) is 0.592. The lowest BCUT2D eigenvalue weighted by molar-refractivity contribution is 0.0175. The van der Waals surface area contributed by atoms with Gasteiger partial charge in [0.15, 0.2) is 0 Å². The van der Waals surface area contributed by atoms with Crippen LogP contribution in [0.3, 0.4) is 0 Å². The maximum absolute atomic E-state index is 9.48. The lowest BCUT2D eigenvalue weighted by Crippen LogP contribution is -2.19. The van der Waals surface area contributed by atoms with E-state index in [-0.39, 0.29) is 19.8 Å². The van der Waals surface area contributed by atoms with Crippen LogP contribution >= 0.6 is 0 Å². The predicted octanol–water partition coefficient (Wildman–Crippen LogP) is -1.53. The summed E-state index contributed by atoms with van der Waals surface area (Å²) in [5.41, 5.74) is 0. The molecule has 2 N–H and O–H groups in total. The Morgan fingerprint density at radius 1 is 1.67 bits per heavy atom. The quantitative estimate of drug-likeness (QED) is 0.446. The first-order valence-electron chi connectivity index (χ1n) is 2.53. The fourth-order valence-electron chi connectivity index (χ4n) is 0.289. The van der Waals surface area contributed by atoms with Gasteiger partial charge in [-0.05, 0) is 0 Å². The summed E-state index contributed by atoms with van der Waals surface area (Å²) in [6, 6.07) is 0. The molecule has 0 aromatic heterocycles. The predicted molar refractivity (Wildman–Crippen MR) is 29.6 cm³/mol. The van der Waals surface area contributed by atoms with Crippen LogP contribution in [0.25, 0.3) is 0 Å². The minimum atomic E-state index is -0.890. The fraction of sp³-hybridized carbons (Fsp3) is 0.800. The van der Waals surface area contributed by atoms with Crippen molar-refractivity contribution in [3.63, 3.8) is 0 Å². The molecular formula is C5H9O4. The van der Waals surface area contributed by atoms with Crippen LogP contribution in [0.15, 0.2) is 0 Å². The van der Waals surface area contributed by atoms with E-state index < -0.39 is 6.10 Å². The van der Waals surface area contributed by atoms with Crippen LogP contribution in [0.5, 0.6) is 0 Å². The molecule has 0 amide bonds. The Bertz CT molecular complexity index is 73.4. The molecule has 4 heteroatoms. The molecule has 0 aliphatic heterocycles. The van der Waals surface area contributed by atoms with Crippen molar-refractivity contribution in [3.05, 3.63) is 0 Å². The van der Waals surface area contributed by atoms with Gasteiger partial charge in [-0.15, -0.1) is 0 Å². The summed E-state index contributed by atoms with van der Waals surface area (Å²) in [4.78, 5) is 9.48. The Morgan fingerprint density at radius 3 is 2.78 bits per heavy atom. The van der Waals surface area contributed by atoms with E-state index in [2.05, 4.69) is 4.74 Å². The topological polar surface area (TPSA) is 66.8 Å². The van der Waals surface area contributed by atoms with Crippen molar-refractivity contribution < 1.29 is 19.7 Å². The van der Waals surface area contributed by atoms with Gasteiger partial charge in [0, 0.05) is 0 Å². The van der Waals surface area contributed by atoms with Crippen LogP contribution in [0.2, 0.25) is 0 Å². The summed E-state index contributed by atoms with van der Waals surface area (Å²) >= 11 is 0. The van der Waals surface area contributed by atoms with E-state index in [1.807, 2.05) is 0 Å². The van der Waals surface area contributed by atoms with Gasteiger partial charge in [0.25, 0.3) is 0 Å². The number of hydrogen-bond donors (Lipinski definition) is 2. The molecule has 1 atom stereocenters. The molecule has 0 aromatic rings. The molecule has 0 aromatic carbocycles. The number of hydrogen-bond acceptors (Lipinski definition) is 4. The molecule has 0 heterocycles. The van der Waals surface area contributed by atoms with E-state index >= 15 is 0 Å². The zero-order chi connectivity index (χ0) is 7.11. The van der Waals surface area contributed by atoms with E-state index in [1.54, 1.807) is 0 Å². The van der Waals surface area contributed by atoms with Gasteiger partial charge in [-0.2, -0.15) is 0 Å². The zero-order valence-corrected chi connectivity index (χ0v) is 4.91. The summed E-state index contributed by atoms with van der Waals surface area (Å²) in [5.74, 6) is 0. The molecule has 0 fully saturated rings. The van der Waals surface area contributed by atoms with Gasteiger partial charge in [0.05, 0.1) is 13.2 Å². The first-order chi connectivity index (χ1) is 4.31. The standard InChI is InChI=1S/C5H9O4/c6-1-2-9-4-5(8)3-7/h5,7-8H,2-4H2. The lowest BCUT2D eigenvalue weighted by atomic mass is 10.4. The van der Waals surface area contributed by atoms with Gasteiger partial charge in [0.1, 0.15) is 12.7 Å². The first-order valence-corrected chi connectivity index (χ1v) is 2.53. The summed E-state index contributed by atoms with van der Waals surface area (Å²) in [5, 5.41) is 16.8. The zero-order valence-electron chi connectivity index (χ0n) is 4.91. The summed E-state index contributed by atoms with van der Waals surface area (Å²) in [7, 11) is 0. The molecule has 0 spiro atoms. The van der Waals surface area contributed by atoms with E-state index in [0.29, 0.717) is 0 Å². The Hall–Kier alpha value is -0.450. The van der Waals surface area contributed by atoms with E-state index in [1.165, 1.54) is 6.29 Å². The smallest absolute Gasteiger partial charge is 0.226 e. The first kappa shape index (κ1) is 8.55. The molecule has 0 rings (SSSR count). The van der Waals surface area contributed by atoms with E-state index in [0.717, 1.165) is 0 Å². The third-order valence-electron chi connectivity index (χ3n) is 0.682. The molecule has 0 aliphatic rings. The van der Waals surface area contributed by atoms with Crippen molar-refractivity contribution in [3.8, 4) is 0 Å². The van der Waals surface area contributed by atoms with Gasteiger partial charge < -0.3 is 14.9 Å². The van der Waals surface area contributed by atoms with Crippen molar-refractivity contribution >= 4 is 6.29 Å². The van der Waals surface area contributed by atoms with Crippen molar-refractivity contribution in [2.24, 2.45) is 0 Å². The molecule has 4 nitrogen and oxygen atoms in total. The third-order valence-corrected chi connectivity index (χ3v) is 0.682. The van der Waals surface area contributed by atoms with E-state index in [4.69, 9.17) is 10.2 Å². The van der Waals surface area contributed by atoms with Crippen LogP contribution < -0.4 is 0 Å². The minimum absolute atomic E-state index is 0.0221. The minimum Gasteiger partial charge on any atom is -0.394 e. The molecule has 0 bridgehead atoms. The van der Waals surface area contributed by atoms with Crippen molar-refractivity contribution in [1.29, 1.82) is 0 Å². The molecule has 1 unspecified atom stereocenters. The maximum Gasteiger partial charge on any atom is 0.226 e. The summed E-state index contributed by atoms with van der Waals surface area (Å²) < 4.78 is 4.50. The third kappa shape index (κ3) is 5.42. The van der Waals surface area contributed by atoms with Crippen molar-refractivity contribution in [2.75, 3.05) is 19.8 Å². The average Bonchev–Trinajstić information content (AvgIpc) is 1.89. The number of aliphatic hydroxyl groups excluding tert-OH is 2. The second-order valence-electron chi connectivity index (χ2n) is 1.50. The summed E-state index contributed by atoms with van der Waals surface area (Å²) in [6.45, 7) is -0.526. The van der Waals surface area contributed by atoms with Crippen molar-refractivity contribution in [2.45, 2.75) is 6.10 Å². The van der Waals surface area contributed by atoms with E-state index in [9.17, 15) is 4.79 Å². The Kier molecular flexibility index (Phi) is 5.40. The maximum atomic E-state index is 9.48. The molecule has 9 heavy (non-hydrogen) atoms. The normalized spacial score (nSPS) is 13.1. The largest absolute Gasteiger partial charge is 0.394 e. The Labute approximate surface area is 53.1 Å². The van der Waals surface area contributed by atoms with Crippen LogP contribution in [0, 0.1) is 0 Å². The highest BCUT2D eigenvalue weighted by Crippen LogP contribution is 1.80. The second kappa shape index (κ2) is 5.68. The molecule has 53 valence electrons. The molecule has 0 saturated carbocycles. The molecule has 1 radical (unpaired) electrons. The van der Waals surface area contributed by atoms with Crippen LogP contribution in [-0.2, 0) is 9.53 Å². The number of ether oxygens (including phenoxy) is 1. The highest BCUT2D eigenvalue weighted by molar-refractivity contribution is 5.51. The molecular weight excluding hydrogens is 124 g/mol. The fourth-order valence-corrected chi connectivity index (χ4v) is 0.289.